The first-order chi connectivity index (χ1) is 11.8. The standard InChI is InChI=1S/C19H20ClN3O2/c1-19(2,3)15-11-17(21-18(24)14-9-10-16(20)25-14)23(22-15)12-13-7-5-4-6-8-13/h4-11H,12H2,1-3H3,(H,21,24). The lowest BCUT2D eigenvalue weighted by atomic mass is 9.92. The first-order valence-electron chi connectivity index (χ1n) is 8.02. The summed E-state index contributed by atoms with van der Waals surface area (Å²) >= 11 is 5.75. The van der Waals surface area contributed by atoms with E-state index in [-0.39, 0.29) is 22.3 Å². The van der Waals surface area contributed by atoms with Crippen molar-refractivity contribution in [2.45, 2.75) is 32.7 Å². The number of nitrogens with zero attached hydrogens (tertiary/aromatic N) is 2. The Morgan fingerprint density at radius 2 is 1.92 bits per heavy atom. The van der Waals surface area contributed by atoms with Gasteiger partial charge in [-0.15, -0.1) is 0 Å². The molecule has 3 aromatic rings. The molecule has 0 fully saturated rings. The maximum atomic E-state index is 12.4. The number of carbonyl (C=O) groups excluding carboxylic acids is 1. The van der Waals surface area contributed by atoms with Crippen LogP contribution in [0, 0.1) is 0 Å². The summed E-state index contributed by atoms with van der Waals surface area (Å²) in [6.07, 6.45) is 0. The van der Waals surface area contributed by atoms with Crippen LogP contribution in [0.1, 0.15) is 42.6 Å². The molecule has 130 valence electrons. The molecule has 0 saturated carbocycles. The third-order valence-corrected chi connectivity index (χ3v) is 3.97. The second kappa shape index (κ2) is 6.76. The van der Waals surface area contributed by atoms with Crippen LogP contribution in [0.5, 0.6) is 0 Å². The van der Waals surface area contributed by atoms with E-state index >= 15 is 0 Å². The van der Waals surface area contributed by atoms with E-state index in [0.29, 0.717) is 12.4 Å². The van der Waals surface area contributed by atoms with E-state index < -0.39 is 0 Å². The van der Waals surface area contributed by atoms with Gasteiger partial charge in [0.15, 0.2) is 11.0 Å². The summed E-state index contributed by atoms with van der Waals surface area (Å²) in [5.74, 6) is 0.419. The molecule has 1 N–H and O–H groups in total. The number of amides is 1. The van der Waals surface area contributed by atoms with Crippen LogP contribution in [0.2, 0.25) is 5.22 Å². The quantitative estimate of drug-likeness (QED) is 0.734. The Labute approximate surface area is 151 Å². The number of rotatable bonds is 4. The zero-order valence-electron chi connectivity index (χ0n) is 14.4. The van der Waals surface area contributed by atoms with Gasteiger partial charge in [0.05, 0.1) is 12.2 Å². The summed E-state index contributed by atoms with van der Waals surface area (Å²) in [5.41, 5.74) is 1.87. The van der Waals surface area contributed by atoms with Crippen molar-refractivity contribution < 1.29 is 9.21 Å². The lowest BCUT2D eigenvalue weighted by molar-refractivity contribution is 0.0995. The number of hydrogen-bond donors (Lipinski definition) is 1. The van der Waals surface area contributed by atoms with Crippen molar-refractivity contribution in [3.63, 3.8) is 0 Å². The van der Waals surface area contributed by atoms with Gasteiger partial charge >= 0.3 is 0 Å². The Hall–Kier alpha value is -2.53. The second-order valence-corrected chi connectivity index (χ2v) is 7.24. The largest absolute Gasteiger partial charge is 0.440 e. The number of nitrogens with one attached hydrogen (secondary N) is 1. The molecule has 0 aliphatic carbocycles. The lowest BCUT2D eigenvalue weighted by Gasteiger charge is -2.14. The lowest BCUT2D eigenvalue weighted by Crippen LogP contribution is -2.16. The summed E-state index contributed by atoms with van der Waals surface area (Å²) in [6.45, 7) is 6.81. The van der Waals surface area contributed by atoms with Gasteiger partial charge in [-0.25, -0.2) is 4.68 Å². The molecule has 25 heavy (non-hydrogen) atoms. The Morgan fingerprint density at radius 1 is 1.20 bits per heavy atom. The smallest absolute Gasteiger partial charge is 0.292 e. The summed E-state index contributed by atoms with van der Waals surface area (Å²) in [4.78, 5) is 12.4. The van der Waals surface area contributed by atoms with Crippen molar-refractivity contribution in [2.24, 2.45) is 0 Å². The third-order valence-electron chi connectivity index (χ3n) is 3.76. The molecule has 0 bridgehead atoms. The maximum absolute atomic E-state index is 12.4. The molecule has 2 heterocycles. The number of carbonyl (C=O) groups is 1. The number of halogens is 1. The van der Waals surface area contributed by atoms with Crippen LogP contribution in [-0.2, 0) is 12.0 Å². The molecule has 0 aliphatic heterocycles. The fraction of sp³-hybridized carbons (Fsp3) is 0.263. The predicted molar refractivity (Wildman–Crippen MR) is 98.1 cm³/mol. The number of benzene rings is 1. The minimum Gasteiger partial charge on any atom is -0.440 e. The van der Waals surface area contributed by atoms with Crippen LogP contribution in [0.3, 0.4) is 0 Å². The van der Waals surface area contributed by atoms with Crippen molar-refractivity contribution in [1.29, 1.82) is 0 Å². The highest BCUT2D eigenvalue weighted by Crippen LogP contribution is 2.25. The van der Waals surface area contributed by atoms with Crippen LogP contribution in [-0.4, -0.2) is 15.7 Å². The maximum Gasteiger partial charge on any atom is 0.292 e. The van der Waals surface area contributed by atoms with Gasteiger partial charge in [0, 0.05) is 11.5 Å². The third kappa shape index (κ3) is 4.12. The zero-order valence-corrected chi connectivity index (χ0v) is 15.2. The fourth-order valence-corrected chi connectivity index (χ4v) is 2.52. The fourth-order valence-electron chi connectivity index (χ4n) is 2.38. The van der Waals surface area contributed by atoms with Crippen LogP contribution in [0.15, 0.2) is 52.9 Å². The van der Waals surface area contributed by atoms with E-state index in [9.17, 15) is 4.79 Å². The van der Waals surface area contributed by atoms with E-state index in [1.54, 1.807) is 10.7 Å². The van der Waals surface area contributed by atoms with Crippen LogP contribution in [0.25, 0.3) is 0 Å². The van der Waals surface area contributed by atoms with Gasteiger partial charge in [-0.3, -0.25) is 4.79 Å². The molecule has 1 amide bonds. The van der Waals surface area contributed by atoms with Crippen molar-refractivity contribution >= 4 is 23.3 Å². The van der Waals surface area contributed by atoms with E-state index in [0.717, 1.165) is 11.3 Å². The second-order valence-electron chi connectivity index (χ2n) is 6.87. The highest BCUT2D eigenvalue weighted by Gasteiger charge is 2.22. The normalized spacial score (nSPS) is 11.5. The first kappa shape index (κ1) is 17.3. The minimum atomic E-state index is -0.360. The average Bonchev–Trinajstić information content (AvgIpc) is 3.15. The molecule has 6 heteroatoms. The molecule has 0 atom stereocenters. The van der Waals surface area contributed by atoms with Gasteiger partial charge in [0.2, 0.25) is 0 Å². The summed E-state index contributed by atoms with van der Waals surface area (Å²) in [6, 6.07) is 15.0. The predicted octanol–water partition coefficient (Wildman–Crippen LogP) is 4.73. The molecule has 0 radical (unpaired) electrons. The van der Waals surface area contributed by atoms with Gasteiger partial charge < -0.3 is 9.73 Å². The average molecular weight is 358 g/mol. The summed E-state index contributed by atoms with van der Waals surface area (Å²) < 4.78 is 6.96. The summed E-state index contributed by atoms with van der Waals surface area (Å²) in [5, 5.41) is 7.71. The van der Waals surface area contributed by atoms with Gasteiger partial charge in [-0.2, -0.15) is 5.10 Å². The Bertz CT molecular complexity index is 876. The van der Waals surface area contributed by atoms with Crippen molar-refractivity contribution in [2.75, 3.05) is 5.32 Å². The van der Waals surface area contributed by atoms with Crippen molar-refractivity contribution in [3.8, 4) is 0 Å². The molecule has 1 aromatic carbocycles. The molecule has 2 aromatic heterocycles. The SMILES string of the molecule is CC(C)(C)c1cc(NC(=O)c2ccc(Cl)o2)n(Cc2ccccc2)n1. The topological polar surface area (TPSA) is 60.1 Å². The van der Waals surface area contributed by atoms with Crippen LogP contribution >= 0.6 is 11.6 Å². The Morgan fingerprint density at radius 3 is 2.52 bits per heavy atom. The van der Waals surface area contributed by atoms with Crippen molar-refractivity contribution in [3.05, 3.63) is 70.8 Å². The number of anilines is 1. The van der Waals surface area contributed by atoms with E-state index in [2.05, 4.69) is 31.2 Å². The zero-order chi connectivity index (χ0) is 18.0. The molecule has 0 unspecified atom stereocenters. The Kier molecular flexibility index (Phi) is 4.68. The minimum absolute atomic E-state index is 0.130. The van der Waals surface area contributed by atoms with E-state index in [1.165, 1.54) is 6.07 Å². The monoisotopic (exact) mass is 357 g/mol. The molecule has 3 rings (SSSR count). The molecule has 0 saturated heterocycles. The molecular weight excluding hydrogens is 338 g/mol. The molecule has 0 spiro atoms. The highest BCUT2D eigenvalue weighted by molar-refractivity contribution is 6.29. The van der Waals surface area contributed by atoms with Crippen LogP contribution in [0.4, 0.5) is 5.82 Å². The van der Waals surface area contributed by atoms with Gasteiger partial charge in [0.25, 0.3) is 5.91 Å². The van der Waals surface area contributed by atoms with Crippen LogP contribution < -0.4 is 5.32 Å². The number of hydrogen-bond acceptors (Lipinski definition) is 3. The van der Waals surface area contributed by atoms with Gasteiger partial charge in [-0.05, 0) is 29.3 Å². The first-order valence-corrected chi connectivity index (χ1v) is 8.40. The molecule has 0 aliphatic rings. The summed E-state index contributed by atoms with van der Waals surface area (Å²) in [7, 11) is 0. The van der Waals surface area contributed by atoms with Gasteiger partial charge in [0.1, 0.15) is 5.82 Å². The Balaban J connectivity index is 1.90. The number of furan rings is 1. The van der Waals surface area contributed by atoms with E-state index in [1.807, 2.05) is 36.4 Å². The number of aromatic nitrogens is 2. The highest BCUT2D eigenvalue weighted by atomic mass is 35.5. The van der Waals surface area contributed by atoms with Gasteiger partial charge in [-0.1, -0.05) is 51.1 Å². The van der Waals surface area contributed by atoms with E-state index in [4.69, 9.17) is 16.0 Å². The van der Waals surface area contributed by atoms with Crippen molar-refractivity contribution in [1.82, 2.24) is 9.78 Å². The molecule has 5 nitrogen and oxygen atoms in total. The molecular formula is C19H20ClN3O2.